The number of anilines is 2. The highest BCUT2D eigenvalue weighted by molar-refractivity contribution is 6.32. The minimum absolute atomic E-state index is 0.466. The number of hydrogen-bond acceptors (Lipinski definition) is 6. The third-order valence-corrected chi connectivity index (χ3v) is 2.31. The molecule has 88 valence electrons. The van der Waals surface area contributed by atoms with Crippen LogP contribution in [0.25, 0.3) is 0 Å². The fraction of sp³-hybridized carbons (Fsp3) is 0.200. The maximum absolute atomic E-state index is 5.97. The molecule has 0 aliphatic rings. The smallest absolute Gasteiger partial charge is 0.224 e. The van der Waals surface area contributed by atoms with E-state index in [-0.39, 0.29) is 0 Å². The molecule has 2 rings (SSSR count). The molecule has 0 spiro atoms. The summed E-state index contributed by atoms with van der Waals surface area (Å²) in [6.45, 7) is 0.508. The van der Waals surface area contributed by atoms with Crippen LogP contribution in [-0.4, -0.2) is 27.2 Å². The first-order chi connectivity index (χ1) is 8.29. The molecule has 7 heteroatoms. The lowest BCUT2D eigenvalue weighted by Crippen LogP contribution is -2.06. The quantitative estimate of drug-likeness (QED) is 0.858. The van der Waals surface area contributed by atoms with E-state index in [0.29, 0.717) is 23.3 Å². The Hall–Kier alpha value is -1.95. The maximum atomic E-state index is 5.97. The zero-order valence-corrected chi connectivity index (χ0v) is 9.94. The fourth-order valence-electron chi connectivity index (χ4n) is 1.21. The van der Waals surface area contributed by atoms with Crippen LogP contribution in [0.1, 0.15) is 5.69 Å². The zero-order valence-electron chi connectivity index (χ0n) is 9.18. The Morgan fingerprint density at radius 2 is 2.29 bits per heavy atom. The molecule has 2 N–H and O–H groups in total. The van der Waals surface area contributed by atoms with Gasteiger partial charge in [0.1, 0.15) is 5.02 Å². The van der Waals surface area contributed by atoms with Gasteiger partial charge in [-0.2, -0.15) is 15.2 Å². The lowest BCUT2D eigenvalue weighted by molar-refractivity contribution is 0.919. The van der Waals surface area contributed by atoms with Crippen molar-refractivity contribution in [3.05, 3.63) is 35.2 Å². The first-order valence-electron chi connectivity index (χ1n) is 5.00. The normalized spacial score (nSPS) is 10.0. The summed E-state index contributed by atoms with van der Waals surface area (Å²) in [5.74, 6) is 1.08. The van der Waals surface area contributed by atoms with Crippen molar-refractivity contribution in [3.63, 3.8) is 0 Å². The van der Waals surface area contributed by atoms with E-state index in [1.165, 1.54) is 0 Å². The fourth-order valence-corrected chi connectivity index (χ4v) is 1.37. The Kier molecular flexibility index (Phi) is 3.66. The molecule has 2 aromatic rings. The summed E-state index contributed by atoms with van der Waals surface area (Å²) in [6, 6.07) is 3.69. The largest absolute Gasteiger partial charge is 0.363 e. The van der Waals surface area contributed by atoms with Crippen LogP contribution in [-0.2, 0) is 6.54 Å². The lowest BCUT2D eigenvalue weighted by Gasteiger charge is -2.07. The van der Waals surface area contributed by atoms with Crippen LogP contribution < -0.4 is 10.6 Å². The zero-order chi connectivity index (χ0) is 12.1. The third kappa shape index (κ3) is 3.01. The Morgan fingerprint density at radius 3 is 3.00 bits per heavy atom. The molecular weight excluding hydrogens is 240 g/mol. The number of nitrogens with one attached hydrogen (secondary N) is 2. The highest BCUT2D eigenvalue weighted by atomic mass is 35.5. The van der Waals surface area contributed by atoms with Gasteiger partial charge >= 0.3 is 0 Å². The second-order valence-corrected chi connectivity index (χ2v) is 3.62. The molecule has 0 aliphatic heterocycles. The lowest BCUT2D eigenvalue weighted by atomic mass is 10.4. The molecule has 0 amide bonds. The van der Waals surface area contributed by atoms with Crippen molar-refractivity contribution in [2.24, 2.45) is 0 Å². The van der Waals surface area contributed by atoms with Crippen molar-refractivity contribution in [1.82, 2.24) is 20.2 Å². The van der Waals surface area contributed by atoms with Crippen LogP contribution in [0.2, 0.25) is 5.02 Å². The highest BCUT2D eigenvalue weighted by Gasteiger charge is 2.04. The van der Waals surface area contributed by atoms with Crippen molar-refractivity contribution >= 4 is 23.4 Å². The number of hydrogen-bond donors (Lipinski definition) is 2. The van der Waals surface area contributed by atoms with Crippen LogP contribution in [0.3, 0.4) is 0 Å². The van der Waals surface area contributed by atoms with Gasteiger partial charge in [0.25, 0.3) is 0 Å². The number of halogens is 1. The first-order valence-corrected chi connectivity index (χ1v) is 5.38. The Balaban J connectivity index is 2.08. The Labute approximate surface area is 103 Å². The van der Waals surface area contributed by atoms with E-state index in [9.17, 15) is 0 Å². The monoisotopic (exact) mass is 250 g/mol. The average molecular weight is 251 g/mol. The second-order valence-electron chi connectivity index (χ2n) is 3.21. The van der Waals surface area contributed by atoms with Gasteiger partial charge in [-0.05, 0) is 12.1 Å². The topological polar surface area (TPSA) is 75.6 Å². The van der Waals surface area contributed by atoms with Crippen LogP contribution in [0.4, 0.5) is 11.8 Å². The standard InChI is InChI=1S/C10H11ClN6/c1-12-10-14-6-8(11)9(16-10)13-5-7-3-2-4-15-17-7/h2-4,6H,5H2,1H3,(H2,12,13,14,16). The van der Waals surface area contributed by atoms with Crippen LogP contribution in [0, 0.1) is 0 Å². The van der Waals surface area contributed by atoms with Gasteiger partial charge in [-0.25, -0.2) is 4.98 Å². The molecular formula is C10H11ClN6. The molecule has 0 fully saturated rings. The van der Waals surface area contributed by atoms with E-state index < -0.39 is 0 Å². The van der Waals surface area contributed by atoms with Gasteiger partial charge in [-0.1, -0.05) is 11.6 Å². The number of rotatable bonds is 4. The van der Waals surface area contributed by atoms with E-state index in [2.05, 4.69) is 30.8 Å². The first kappa shape index (κ1) is 11.5. The molecule has 2 heterocycles. The van der Waals surface area contributed by atoms with E-state index in [0.717, 1.165) is 5.69 Å². The van der Waals surface area contributed by atoms with E-state index in [1.807, 2.05) is 12.1 Å². The molecule has 6 nitrogen and oxygen atoms in total. The second kappa shape index (κ2) is 5.40. The predicted molar refractivity (Wildman–Crippen MR) is 65.9 cm³/mol. The summed E-state index contributed by atoms with van der Waals surface area (Å²) in [5.41, 5.74) is 0.813. The minimum Gasteiger partial charge on any atom is -0.363 e. The van der Waals surface area contributed by atoms with Crippen molar-refractivity contribution in [3.8, 4) is 0 Å². The van der Waals surface area contributed by atoms with Gasteiger partial charge in [-0.15, -0.1) is 0 Å². The van der Waals surface area contributed by atoms with Crippen LogP contribution in [0.5, 0.6) is 0 Å². The molecule has 0 aliphatic carbocycles. The van der Waals surface area contributed by atoms with Gasteiger partial charge in [0, 0.05) is 13.2 Å². The molecule has 0 atom stereocenters. The molecule has 0 saturated carbocycles. The Bertz CT molecular complexity index is 489. The van der Waals surface area contributed by atoms with Crippen LogP contribution >= 0.6 is 11.6 Å². The average Bonchev–Trinajstić information content (AvgIpc) is 2.39. The molecule has 2 aromatic heterocycles. The highest BCUT2D eigenvalue weighted by Crippen LogP contribution is 2.19. The van der Waals surface area contributed by atoms with Gasteiger partial charge in [0.2, 0.25) is 5.95 Å². The molecule has 0 bridgehead atoms. The molecule has 0 unspecified atom stereocenters. The predicted octanol–water partition coefficient (Wildman–Crippen LogP) is 1.57. The van der Waals surface area contributed by atoms with Crippen LogP contribution in [0.15, 0.2) is 24.5 Å². The number of aromatic nitrogens is 4. The van der Waals surface area contributed by atoms with Gasteiger partial charge in [0.15, 0.2) is 5.82 Å². The summed E-state index contributed by atoms with van der Waals surface area (Å²) in [7, 11) is 1.75. The van der Waals surface area contributed by atoms with E-state index in [1.54, 1.807) is 19.4 Å². The summed E-state index contributed by atoms with van der Waals surface area (Å²) >= 11 is 5.97. The van der Waals surface area contributed by atoms with Crippen molar-refractivity contribution in [2.45, 2.75) is 6.54 Å². The summed E-state index contributed by atoms with van der Waals surface area (Å²) in [6.07, 6.45) is 3.17. The number of nitrogens with zero attached hydrogens (tertiary/aromatic N) is 4. The summed E-state index contributed by atoms with van der Waals surface area (Å²) in [5, 5.41) is 14.1. The summed E-state index contributed by atoms with van der Waals surface area (Å²) in [4.78, 5) is 8.18. The van der Waals surface area contributed by atoms with Gasteiger partial charge in [0.05, 0.1) is 18.4 Å². The maximum Gasteiger partial charge on any atom is 0.224 e. The third-order valence-electron chi connectivity index (χ3n) is 2.03. The van der Waals surface area contributed by atoms with Crippen molar-refractivity contribution in [2.75, 3.05) is 17.7 Å². The Morgan fingerprint density at radius 1 is 1.41 bits per heavy atom. The van der Waals surface area contributed by atoms with Gasteiger partial charge in [-0.3, -0.25) is 0 Å². The SMILES string of the molecule is CNc1ncc(Cl)c(NCc2cccnn2)n1. The molecule has 0 saturated heterocycles. The van der Waals surface area contributed by atoms with Crippen molar-refractivity contribution in [1.29, 1.82) is 0 Å². The van der Waals surface area contributed by atoms with E-state index >= 15 is 0 Å². The molecule has 17 heavy (non-hydrogen) atoms. The van der Waals surface area contributed by atoms with Gasteiger partial charge < -0.3 is 10.6 Å². The van der Waals surface area contributed by atoms with E-state index in [4.69, 9.17) is 11.6 Å². The minimum atomic E-state index is 0.466. The summed E-state index contributed by atoms with van der Waals surface area (Å²) < 4.78 is 0. The molecule has 0 aromatic carbocycles. The van der Waals surface area contributed by atoms with Crippen molar-refractivity contribution < 1.29 is 0 Å². The molecule has 0 radical (unpaired) electrons.